The summed E-state index contributed by atoms with van der Waals surface area (Å²) in [6.07, 6.45) is 1.79. The van der Waals surface area contributed by atoms with E-state index in [9.17, 15) is 0 Å². The lowest BCUT2D eigenvalue weighted by atomic mass is 10.2. The van der Waals surface area contributed by atoms with Crippen molar-refractivity contribution in [3.63, 3.8) is 0 Å². The second-order valence-electron chi connectivity index (χ2n) is 3.94. The molecule has 0 saturated carbocycles. The Morgan fingerprint density at radius 1 is 1.11 bits per heavy atom. The molecular weight excluding hydrogens is 246 g/mol. The molecular formula is C14H16ClN3. The fourth-order valence-electron chi connectivity index (χ4n) is 1.62. The summed E-state index contributed by atoms with van der Waals surface area (Å²) in [6.45, 7) is 3.69. The van der Waals surface area contributed by atoms with Gasteiger partial charge in [0.25, 0.3) is 0 Å². The maximum absolute atomic E-state index is 5.85. The van der Waals surface area contributed by atoms with Crippen LogP contribution in [0.4, 0.5) is 11.5 Å². The monoisotopic (exact) mass is 261 g/mol. The topological polar surface area (TPSA) is 37.0 Å². The number of halogens is 1. The van der Waals surface area contributed by atoms with Crippen molar-refractivity contribution in [2.75, 3.05) is 17.2 Å². The van der Waals surface area contributed by atoms with Gasteiger partial charge in [-0.15, -0.1) is 0 Å². The van der Waals surface area contributed by atoms with Crippen LogP contribution < -0.4 is 10.6 Å². The molecule has 0 bridgehead atoms. The molecule has 2 rings (SSSR count). The van der Waals surface area contributed by atoms with Crippen molar-refractivity contribution in [1.29, 1.82) is 0 Å². The Kier molecular flexibility index (Phi) is 4.42. The van der Waals surface area contributed by atoms with Crippen molar-refractivity contribution in [3.8, 4) is 0 Å². The van der Waals surface area contributed by atoms with Gasteiger partial charge >= 0.3 is 0 Å². The summed E-state index contributed by atoms with van der Waals surface area (Å²) in [5.41, 5.74) is 2.25. The van der Waals surface area contributed by atoms with Gasteiger partial charge in [-0.1, -0.05) is 23.7 Å². The van der Waals surface area contributed by atoms with E-state index in [1.165, 1.54) is 5.56 Å². The molecule has 1 heterocycles. The molecule has 2 aromatic rings. The number of rotatable bonds is 5. The number of anilines is 2. The Balaban J connectivity index is 1.97. The summed E-state index contributed by atoms with van der Waals surface area (Å²) >= 11 is 5.85. The third kappa shape index (κ3) is 3.64. The average Bonchev–Trinajstić information content (AvgIpc) is 2.39. The van der Waals surface area contributed by atoms with Crippen LogP contribution in [0.15, 0.2) is 42.6 Å². The summed E-state index contributed by atoms with van der Waals surface area (Å²) < 4.78 is 0. The molecule has 0 fully saturated rings. The molecule has 18 heavy (non-hydrogen) atoms. The molecule has 3 nitrogen and oxygen atoms in total. The Morgan fingerprint density at radius 3 is 2.61 bits per heavy atom. The summed E-state index contributed by atoms with van der Waals surface area (Å²) in [7, 11) is 0. The second kappa shape index (κ2) is 6.26. The molecule has 1 aromatic carbocycles. The van der Waals surface area contributed by atoms with Crippen LogP contribution in [0.5, 0.6) is 0 Å². The van der Waals surface area contributed by atoms with E-state index in [-0.39, 0.29) is 0 Å². The zero-order chi connectivity index (χ0) is 12.8. The van der Waals surface area contributed by atoms with Gasteiger partial charge in [0.05, 0.1) is 0 Å². The molecule has 4 heteroatoms. The smallest absolute Gasteiger partial charge is 0.127 e. The molecule has 0 amide bonds. The van der Waals surface area contributed by atoms with Crippen molar-refractivity contribution < 1.29 is 0 Å². The van der Waals surface area contributed by atoms with Gasteiger partial charge in [0.2, 0.25) is 0 Å². The summed E-state index contributed by atoms with van der Waals surface area (Å²) in [5, 5.41) is 7.30. The number of nitrogens with zero attached hydrogens (tertiary/aromatic N) is 1. The Hall–Kier alpha value is -1.74. The standard InChI is InChI=1S/C14H16ClN3/c1-2-16-14-9-13(7-8-17-14)18-10-11-3-5-12(15)6-4-11/h3-9H,2,10H2,1H3,(H2,16,17,18). The van der Waals surface area contributed by atoms with Crippen LogP contribution in [0.1, 0.15) is 12.5 Å². The zero-order valence-electron chi connectivity index (χ0n) is 10.3. The van der Waals surface area contributed by atoms with Crippen molar-refractivity contribution in [3.05, 3.63) is 53.2 Å². The fraction of sp³-hybridized carbons (Fsp3) is 0.214. The van der Waals surface area contributed by atoms with E-state index in [1.54, 1.807) is 6.20 Å². The Bertz CT molecular complexity index is 497. The number of hydrogen-bond donors (Lipinski definition) is 2. The minimum absolute atomic E-state index is 0.761. The van der Waals surface area contributed by atoms with E-state index in [1.807, 2.05) is 36.4 Å². The molecule has 0 aliphatic rings. The molecule has 0 aliphatic heterocycles. The van der Waals surface area contributed by atoms with E-state index < -0.39 is 0 Å². The minimum Gasteiger partial charge on any atom is -0.381 e. The van der Waals surface area contributed by atoms with E-state index in [0.717, 1.165) is 29.6 Å². The van der Waals surface area contributed by atoms with Crippen LogP contribution in [0.3, 0.4) is 0 Å². The highest BCUT2D eigenvalue weighted by Crippen LogP contribution is 2.14. The minimum atomic E-state index is 0.761. The summed E-state index contributed by atoms with van der Waals surface area (Å²) in [6, 6.07) is 11.8. The van der Waals surface area contributed by atoms with Gasteiger partial charge in [-0.05, 0) is 30.7 Å². The predicted octanol–water partition coefficient (Wildman–Crippen LogP) is 3.78. The first kappa shape index (κ1) is 12.7. The van der Waals surface area contributed by atoms with Crippen LogP contribution >= 0.6 is 11.6 Å². The summed E-state index contributed by atoms with van der Waals surface area (Å²) in [4.78, 5) is 4.23. The third-order valence-corrected chi connectivity index (χ3v) is 2.78. The highest BCUT2D eigenvalue weighted by molar-refractivity contribution is 6.30. The number of aromatic nitrogens is 1. The van der Waals surface area contributed by atoms with Crippen LogP contribution in [-0.4, -0.2) is 11.5 Å². The maximum atomic E-state index is 5.85. The first-order valence-electron chi connectivity index (χ1n) is 5.96. The lowest BCUT2D eigenvalue weighted by Crippen LogP contribution is -2.02. The van der Waals surface area contributed by atoms with Gasteiger partial charge in [-0.2, -0.15) is 0 Å². The van der Waals surface area contributed by atoms with Gasteiger partial charge in [-0.3, -0.25) is 0 Å². The number of nitrogens with one attached hydrogen (secondary N) is 2. The quantitative estimate of drug-likeness (QED) is 0.860. The molecule has 0 spiro atoms. The Labute approximate surface area is 112 Å². The van der Waals surface area contributed by atoms with Crippen molar-refractivity contribution in [1.82, 2.24) is 4.98 Å². The zero-order valence-corrected chi connectivity index (χ0v) is 11.0. The molecule has 0 aliphatic carbocycles. The number of pyridine rings is 1. The first-order chi connectivity index (χ1) is 8.78. The SMILES string of the molecule is CCNc1cc(NCc2ccc(Cl)cc2)ccn1. The number of benzene rings is 1. The number of hydrogen-bond acceptors (Lipinski definition) is 3. The molecule has 0 atom stereocenters. The Morgan fingerprint density at radius 2 is 1.89 bits per heavy atom. The normalized spacial score (nSPS) is 10.1. The predicted molar refractivity (Wildman–Crippen MR) is 77.2 cm³/mol. The third-order valence-electron chi connectivity index (χ3n) is 2.53. The lowest BCUT2D eigenvalue weighted by Gasteiger charge is -2.08. The highest BCUT2D eigenvalue weighted by atomic mass is 35.5. The van der Waals surface area contributed by atoms with E-state index >= 15 is 0 Å². The van der Waals surface area contributed by atoms with Crippen molar-refractivity contribution >= 4 is 23.1 Å². The van der Waals surface area contributed by atoms with Crippen LogP contribution in [-0.2, 0) is 6.54 Å². The van der Waals surface area contributed by atoms with Crippen molar-refractivity contribution in [2.24, 2.45) is 0 Å². The average molecular weight is 262 g/mol. The summed E-state index contributed by atoms with van der Waals surface area (Å²) in [5.74, 6) is 0.888. The molecule has 1 aromatic heterocycles. The van der Waals surface area contributed by atoms with E-state index in [2.05, 4.69) is 22.5 Å². The second-order valence-corrected chi connectivity index (χ2v) is 4.38. The highest BCUT2D eigenvalue weighted by Gasteiger charge is 1.97. The van der Waals surface area contributed by atoms with E-state index in [0.29, 0.717) is 0 Å². The van der Waals surface area contributed by atoms with E-state index in [4.69, 9.17) is 11.6 Å². The molecule has 0 radical (unpaired) electrons. The fourth-order valence-corrected chi connectivity index (χ4v) is 1.75. The molecule has 2 N–H and O–H groups in total. The molecule has 94 valence electrons. The van der Waals surface area contributed by atoms with Crippen LogP contribution in [0.2, 0.25) is 5.02 Å². The van der Waals surface area contributed by atoms with Gasteiger partial charge in [0.1, 0.15) is 5.82 Å². The lowest BCUT2D eigenvalue weighted by molar-refractivity contribution is 1.13. The molecule has 0 saturated heterocycles. The maximum Gasteiger partial charge on any atom is 0.127 e. The van der Waals surface area contributed by atoms with Gasteiger partial charge in [-0.25, -0.2) is 4.98 Å². The van der Waals surface area contributed by atoms with Gasteiger partial charge in [0.15, 0.2) is 0 Å². The van der Waals surface area contributed by atoms with Gasteiger partial charge in [0, 0.05) is 36.1 Å². The van der Waals surface area contributed by atoms with Crippen LogP contribution in [0, 0.1) is 0 Å². The first-order valence-corrected chi connectivity index (χ1v) is 6.34. The van der Waals surface area contributed by atoms with Crippen molar-refractivity contribution in [2.45, 2.75) is 13.5 Å². The largest absolute Gasteiger partial charge is 0.381 e. The van der Waals surface area contributed by atoms with Crippen LogP contribution in [0.25, 0.3) is 0 Å². The molecule has 0 unspecified atom stereocenters. The van der Waals surface area contributed by atoms with Gasteiger partial charge < -0.3 is 10.6 Å².